The van der Waals surface area contributed by atoms with E-state index in [9.17, 15) is 14.4 Å². The normalized spacial score (nSPS) is 11.8. The minimum atomic E-state index is -0.534. The van der Waals surface area contributed by atoms with E-state index in [0.29, 0.717) is 11.3 Å². The summed E-state index contributed by atoms with van der Waals surface area (Å²) >= 11 is 0. The second kappa shape index (κ2) is 8.51. The van der Waals surface area contributed by atoms with Crippen LogP contribution in [-0.4, -0.2) is 41.0 Å². The van der Waals surface area contributed by atoms with E-state index in [4.69, 9.17) is 4.74 Å². The van der Waals surface area contributed by atoms with Crippen LogP contribution in [0.1, 0.15) is 30.2 Å². The number of likely N-dealkylation sites (N-methyl/N-ethyl adjacent to an activating group) is 1. The van der Waals surface area contributed by atoms with Crippen LogP contribution < -0.4 is 16.0 Å². The number of aryl methyl sites for hydroxylation is 1. The van der Waals surface area contributed by atoms with Crippen LogP contribution in [0.4, 0.5) is 0 Å². The molecule has 0 fully saturated rings. The van der Waals surface area contributed by atoms with Crippen LogP contribution in [0.5, 0.6) is 5.75 Å². The number of benzene rings is 1. The summed E-state index contributed by atoms with van der Waals surface area (Å²) in [5.41, 5.74) is 1.08. The van der Waals surface area contributed by atoms with Crippen molar-refractivity contribution in [2.45, 2.75) is 39.2 Å². The van der Waals surface area contributed by atoms with E-state index in [1.807, 2.05) is 31.2 Å². The molecule has 0 radical (unpaired) electrons. The van der Waals surface area contributed by atoms with E-state index in [1.54, 1.807) is 26.0 Å². The summed E-state index contributed by atoms with van der Waals surface area (Å²) < 4.78 is 5.15. The molecule has 1 amide bonds. The first kappa shape index (κ1) is 19.5. The second-order valence-corrected chi connectivity index (χ2v) is 6.42. The predicted molar refractivity (Wildman–Crippen MR) is 99.7 cm³/mol. The molecule has 2 rings (SSSR count). The molecule has 0 spiro atoms. The van der Waals surface area contributed by atoms with E-state index >= 15 is 0 Å². The zero-order valence-electron chi connectivity index (χ0n) is 15.6. The number of rotatable bonds is 7. The zero-order chi connectivity index (χ0) is 19.3. The lowest BCUT2D eigenvalue weighted by Gasteiger charge is -2.25. The SMILES string of the molecule is COc1ccc(C[C@@H](C)N(C)C(=O)CCc2c(C)[nH]c(=O)[nH]c2=O)cc1. The molecule has 1 atom stereocenters. The van der Waals surface area contributed by atoms with Crippen molar-refractivity contribution >= 4 is 5.91 Å². The van der Waals surface area contributed by atoms with Crippen molar-refractivity contribution in [2.24, 2.45) is 0 Å². The van der Waals surface area contributed by atoms with Gasteiger partial charge in [0.2, 0.25) is 5.91 Å². The fourth-order valence-electron chi connectivity index (χ4n) is 2.82. The standard InChI is InChI=1S/C19H25N3O4/c1-12(11-14-5-7-15(26-4)8-6-14)22(3)17(23)10-9-16-13(2)20-19(25)21-18(16)24/h5-8,12H,9-11H2,1-4H3,(H2,20,21,24,25)/t12-/m1/s1. The average Bonchev–Trinajstić information content (AvgIpc) is 2.60. The number of carbonyl (C=O) groups is 1. The molecule has 2 N–H and O–H groups in total. The molecule has 0 bridgehead atoms. The Kier molecular flexibility index (Phi) is 6.38. The lowest BCUT2D eigenvalue weighted by atomic mass is 10.0. The number of hydrogen-bond acceptors (Lipinski definition) is 4. The number of amides is 1. The minimum absolute atomic E-state index is 0.0193. The molecule has 0 saturated carbocycles. The highest BCUT2D eigenvalue weighted by Gasteiger charge is 2.17. The highest BCUT2D eigenvalue weighted by atomic mass is 16.5. The minimum Gasteiger partial charge on any atom is -0.497 e. The number of ether oxygens (including phenoxy) is 1. The molecule has 140 valence electrons. The molecular weight excluding hydrogens is 334 g/mol. The van der Waals surface area contributed by atoms with Crippen molar-refractivity contribution in [3.05, 3.63) is 61.9 Å². The summed E-state index contributed by atoms with van der Waals surface area (Å²) in [4.78, 5) is 42.0. The number of methoxy groups -OCH3 is 1. The number of aromatic nitrogens is 2. The van der Waals surface area contributed by atoms with E-state index in [0.717, 1.165) is 17.7 Å². The monoisotopic (exact) mass is 359 g/mol. The van der Waals surface area contributed by atoms with Crippen LogP contribution in [-0.2, 0) is 17.6 Å². The molecule has 0 aliphatic carbocycles. The number of aromatic amines is 2. The Labute approximate surface area is 152 Å². The van der Waals surface area contributed by atoms with Crippen molar-refractivity contribution in [3.63, 3.8) is 0 Å². The molecule has 1 aromatic heterocycles. The third-order valence-corrected chi connectivity index (χ3v) is 4.59. The van der Waals surface area contributed by atoms with Gasteiger partial charge >= 0.3 is 5.69 Å². The molecule has 1 aromatic carbocycles. The highest BCUT2D eigenvalue weighted by Crippen LogP contribution is 2.14. The zero-order valence-corrected chi connectivity index (χ0v) is 15.6. The Hall–Kier alpha value is -2.83. The van der Waals surface area contributed by atoms with Gasteiger partial charge in [-0.1, -0.05) is 12.1 Å². The van der Waals surface area contributed by atoms with Gasteiger partial charge in [0.15, 0.2) is 0 Å². The van der Waals surface area contributed by atoms with Crippen LogP contribution in [0.2, 0.25) is 0 Å². The maximum Gasteiger partial charge on any atom is 0.325 e. The number of H-pyrrole nitrogens is 2. The lowest BCUT2D eigenvalue weighted by Crippen LogP contribution is -2.37. The molecule has 0 unspecified atom stereocenters. The van der Waals surface area contributed by atoms with Crippen molar-refractivity contribution < 1.29 is 9.53 Å². The summed E-state index contributed by atoms with van der Waals surface area (Å²) in [6, 6.07) is 7.78. The second-order valence-electron chi connectivity index (χ2n) is 6.42. The third-order valence-electron chi connectivity index (χ3n) is 4.59. The molecular formula is C19H25N3O4. The molecule has 2 aromatic rings. The first-order valence-corrected chi connectivity index (χ1v) is 8.52. The lowest BCUT2D eigenvalue weighted by molar-refractivity contribution is -0.131. The van der Waals surface area contributed by atoms with Crippen molar-refractivity contribution in [3.8, 4) is 5.75 Å². The predicted octanol–water partition coefficient (Wildman–Crippen LogP) is 1.40. The largest absolute Gasteiger partial charge is 0.497 e. The van der Waals surface area contributed by atoms with Gasteiger partial charge < -0.3 is 14.6 Å². The summed E-state index contributed by atoms with van der Waals surface area (Å²) in [5, 5.41) is 0. The fourth-order valence-corrected chi connectivity index (χ4v) is 2.82. The molecule has 26 heavy (non-hydrogen) atoms. The number of hydrogen-bond donors (Lipinski definition) is 2. The Morgan fingerprint density at radius 2 is 1.85 bits per heavy atom. The van der Waals surface area contributed by atoms with Gasteiger partial charge in [-0.25, -0.2) is 4.79 Å². The molecule has 0 aliphatic heterocycles. The van der Waals surface area contributed by atoms with Gasteiger partial charge in [0.1, 0.15) is 5.75 Å². The molecule has 0 saturated heterocycles. The van der Waals surface area contributed by atoms with Gasteiger partial charge in [-0.3, -0.25) is 14.6 Å². The molecule has 7 nitrogen and oxygen atoms in total. The van der Waals surface area contributed by atoms with Crippen molar-refractivity contribution in [2.75, 3.05) is 14.2 Å². The quantitative estimate of drug-likeness (QED) is 0.781. The van der Waals surface area contributed by atoms with Crippen LogP contribution in [0.15, 0.2) is 33.9 Å². The number of nitrogens with one attached hydrogen (secondary N) is 2. The van der Waals surface area contributed by atoms with Crippen LogP contribution in [0, 0.1) is 6.92 Å². The number of carbonyl (C=O) groups excluding carboxylic acids is 1. The Morgan fingerprint density at radius 3 is 2.42 bits per heavy atom. The van der Waals surface area contributed by atoms with Gasteiger partial charge in [0.25, 0.3) is 5.56 Å². The summed E-state index contributed by atoms with van der Waals surface area (Å²) in [6.07, 6.45) is 1.22. The van der Waals surface area contributed by atoms with E-state index in [2.05, 4.69) is 9.97 Å². The van der Waals surface area contributed by atoms with Crippen LogP contribution in [0.25, 0.3) is 0 Å². The maximum atomic E-state index is 12.5. The fraction of sp³-hybridized carbons (Fsp3) is 0.421. The van der Waals surface area contributed by atoms with Gasteiger partial charge in [-0.15, -0.1) is 0 Å². The first-order chi connectivity index (χ1) is 12.3. The molecule has 0 aliphatic rings. The van der Waals surface area contributed by atoms with Crippen molar-refractivity contribution in [1.29, 1.82) is 0 Å². The third kappa shape index (κ3) is 4.84. The summed E-state index contributed by atoms with van der Waals surface area (Å²) in [7, 11) is 3.39. The summed E-state index contributed by atoms with van der Waals surface area (Å²) in [5.74, 6) is 0.753. The summed E-state index contributed by atoms with van der Waals surface area (Å²) in [6.45, 7) is 3.65. The highest BCUT2D eigenvalue weighted by molar-refractivity contribution is 5.76. The van der Waals surface area contributed by atoms with Crippen LogP contribution >= 0.6 is 0 Å². The van der Waals surface area contributed by atoms with Crippen LogP contribution in [0.3, 0.4) is 0 Å². The smallest absolute Gasteiger partial charge is 0.325 e. The number of nitrogens with zero attached hydrogens (tertiary/aromatic N) is 1. The van der Waals surface area contributed by atoms with Gasteiger partial charge in [-0.2, -0.15) is 0 Å². The van der Waals surface area contributed by atoms with E-state index < -0.39 is 11.2 Å². The first-order valence-electron chi connectivity index (χ1n) is 8.52. The van der Waals surface area contributed by atoms with Gasteiger partial charge in [0.05, 0.1) is 7.11 Å². The van der Waals surface area contributed by atoms with Crippen molar-refractivity contribution in [1.82, 2.24) is 14.9 Å². The van der Waals surface area contributed by atoms with Gasteiger partial charge in [0, 0.05) is 30.8 Å². The molecule has 7 heteroatoms. The maximum absolute atomic E-state index is 12.5. The topological polar surface area (TPSA) is 95.3 Å². The van der Waals surface area contributed by atoms with E-state index in [-0.39, 0.29) is 24.8 Å². The Morgan fingerprint density at radius 1 is 1.19 bits per heavy atom. The Balaban J connectivity index is 1.96. The average molecular weight is 359 g/mol. The van der Waals surface area contributed by atoms with Gasteiger partial charge in [-0.05, 0) is 44.4 Å². The Bertz CT molecular complexity index is 868. The molecule has 1 heterocycles. The van der Waals surface area contributed by atoms with E-state index in [1.165, 1.54) is 0 Å².